The minimum atomic E-state index is 0.210. The summed E-state index contributed by atoms with van der Waals surface area (Å²) in [6.45, 7) is 0. The molecule has 1 saturated carbocycles. The quantitative estimate of drug-likeness (QED) is 0.542. The molecule has 0 radical (unpaired) electrons. The number of rotatable bonds is 2. The van der Waals surface area contributed by atoms with Crippen LogP contribution in [0.5, 0.6) is 0 Å². The third-order valence-electron chi connectivity index (χ3n) is 2.72. The fourth-order valence-electron chi connectivity index (χ4n) is 1.90. The summed E-state index contributed by atoms with van der Waals surface area (Å²) in [5.41, 5.74) is 12.0. The summed E-state index contributed by atoms with van der Waals surface area (Å²) in [4.78, 5) is 4.13. The van der Waals surface area contributed by atoms with Gasteiger partial charge in [-0.1, -0.05) is 30.3 Å². The zero-order valence-electron chi connectivity index (χ0n) is 8.06. The third-order valence-corrected chi connectivity index (χ3v) is 2.72. The van der Waals surface area contributed by atoms with E-state index in [2.05, 4.69) is 29.3 Å². The molecule has 14 heavy (non-hydrogen) atoms. The van der Waals surface area contributed by atoms with E-state index in [1.54, 1.807) is 0 Å². The lowest BCUT2D eigenvalue weighted by Gasteiger charge is -2.32. The van der Waals surface area contributed by atoms with Gasteiger partial charge >= 0.3 is 0 Å². The Bertz CT molecular complexity index is 322. The van der Waals surface area contributed by atoms with Crippen LogP contribution in [-0.4, -0.2) is 12.0 Å². The number of nitrogens with zero attached hydrogens (tertiary/aromatic N) is 1. The number of hydrogen-bond acceptors (Lipinski definition) is 1. The number of hydrogen-bond donors (Lipinski definition) is 2. The van der Waals surface area contributed by atoms with Crippen molar-refractivity contribution in [3.8, 4) is 0 Å². The molecule has 0 amide bonds. The number of nitrogens with two attached hydrogens (primary N) is 2. The van der Waals surface area contributed by atoms with Crippen molar-refractivity contribution in [2.75, 3.05) is 0 Å². The first kappa shape index (κ1) is 9.06. The molecule has 2 rings (SSSR count). The maximum Gasteiger partial charge on any atom is 0.186 e. The molecule has 0 aliphatic heterocycles. The molecule has 4 N–H and O–H groups in total. The van der Waals surface area contributed by atoms with Gasteiger partial charge in [-0.3, -0.25) is 4.99 Å². The summed E-state index contributed by atoms with van der Waals surface area (Å²) in [5, 5.41) is 0. The van der Waals surface area contributed by atoms with Gasteiger partial charge in [0.05, 0.1) is 6.04 Å². The number of guanidine groups is 1. The van der Waals surface area contributed by atoms with Crippen LogP contribution < -0.4 is 11.5 Å². The summed E-state index contributed by atoms with van der Waals surface area (Å²) in [6, 6.07) is 10.8. The van der Waals surface area contributed by atoms with E-state index >= 15 is 0 Å². The van der Waals surface area contributed by atoms with Crippen LogP contribution in [0.15, 0.2) is 35.3 Å². The molecule has 74 valence electrons. The first-order valence-corrected chi connectivity index (χ1v) is 4.89. The molecular formula is C11H15N3. The minimum absolute atomic E-state index is 0.210. The Morgan fingerprint density at radius 1 is 1.14 bits per heavy atom. The predicted octanol–water partition coefficient (Wildman–Crippen LogP) is 1.21. The Morgan fingerprint density at radius 2 is 1.79 bits per heavy atom. The molecule has 3 heteroatoms. The van der Waals surface area contributed by atoms with Gasteiger partial charge in [0, 0.05) is 0 Å². The van der Waals surface area contributed by atoms with Gasteiger partial charge in [-0.2, -0.15) is 0 Å². The maximum absolute atomic E-state index is 5.31. The van der Waals surface area contributed by atoms with Gasteiger partial charge < -0.3 is 11.5 Å². The highest BCUT2D eigenvalue weighted by Crippen LogP contribution is 2.38. The Labute approximate surface area is 83.8 Å². The van der Waals surface area contributed by atoms with Crippen LogP contribution in [0.4, 0.5) is 0 Å². The largest absolute Gasteiger partial charge is 0.370 e. The summed E-state index contributed by atoms with van der Waals surface area (Å²) < 4.78 is 0. The van der Waals surface area contributed by atoms with Crippen LogP contribution in [0.2, 0.25) is 0 Å². The predicted molar refractivity (Wildman–Crippen MR) is 58.0 cm³/mol. The van der Waals surface area contributed by atoms with Crippen LogP contribution in [0.25, 0.3) is 0 Å². The monoisotopic (exact) mass is 189 g/mol. The molecule has 0 bridgehead atoms. The summed E-state index contributed by atoms with van der Waals surface area (Å²) >= 11 is 0. The van der Waals surface area contributed by atoms with Gasteiger partial charge in [0.1, 0.15) is 0 Å². The molecule has 3 nitrogen and oxygen atoms in total. The second kappa shape index (κ2) is 3.70. The van der Waals surface area contributed by atoms with E-state index in [0.29, 0.717) is 12.0 Å². The molecule has 1 aromatic rings. The van der Waals surface area contributed by atoms with E-state index in [-0.39, 0.29) is 5.96 Å². The van der Waals surface area contributed by atoms with E-state index in [1.807, 2.05) is 6.07 Å². The molecule has 0 saturated heterocycles. The molecule has 0 atom stereocenters. The van der Waals surface area contributed by atoms with Crippen molar-refractivity contribution in [2.24, 2.45) is 16.5 Å². The van der Waals surface area contributed by atoms with Crippen molar-refractivity contribution >= 4 is 5.96 Å². The summed E-state index contributed by atoms with van der Waals surface area (Å²) in [5.74, 6) is 0.853. The fourth-order valence-corrected chi connectivity index (χ4v) is 1.90. The van der Waals surface area contributed by atoms with Crippen LogP contribution in [0, 0.1) is 0 Å². The fraction of sp³-hybridized carbons (Fsp3) is 0.364. The van der Waals surface area contributed by atoms with Gasteiger partial charge in [0.25, 0.3) is 0 Å². The Morgan fingerprint density at radius 3 is 2.36 bits per heavy atom. The van der Waals surface area contributed by atoms with Crippen molar-refractivity contribution < 1.29 is 0 Å². The first-order chi connectivity index (χ1) is 6.75. The molecule has 0 spiro atoms. The maximum atomic E-state index is 5.31. The molecule has 1 fully saturated rings. The smallest absolute Gasteiger partial charge is 0.186 e. The van der Waals surface area contributed by atoms with Gasteiger partial charge in [0.2, 0.25) is 0 Å². The topological polar surface area (TPSA) is 64.4 Å². The van der Waals surface area contributed by atoms with Crippen LogP contribution in [0.3, 0.4) is 0 Å². The van der Waals surface area contributed by atoms with E-state index < -0.39 is 0 Å². The van der Waals surface area contributed by atoms with E-state index in [0.717, 1.165) is 12.8 Å². The average molecular weight is 189 g/mol. The molecule has 1 aliphatic carbocycles. The van der Waals surface area contributed by atoms with E-state index in [9.17, 15) is 0 Å². The minimum Gasteiger partial charge on any atom is -0.370 e. The van der Waals surface area contributed by atoms with Crippen molar-refractivity contribution in [1.82, 2.24) is 0 Å². The molecule has 0 aromatic heterocycles. The Balaban J connectivity index is 1.93. The SMILES string of the molecule is NC(N)=NC1CC(c2ccccc2)C1. The molecule has 0 unspecified atom stereocenters. The van der Waals surface area contributed by atoms with E-state index in [1.165, 1.54) is 5.56 Å². The Kier molecular flexibility index (Phi) is 2.39. The van der Waals surface area contributed by atoms with Crippen LogP contribution in [0.1, 0.15) is 24.3 Å². The lowest BCUT2D eigenvalue weighted by molar-refractivity contribution is 0.353. The van der Waals surface area contributed by atoms with Gasteiger partial charge in [-0.05, 0) is 24.3 Å². The van der Waals surface area contributed by atoms with Gasteiger partial charge in [-0.15, -0.1) is 0 Å². The second-order valence-corrected chi connectivity index (χ2v) is 3.79. The van der Waals surface area contributed by atoms with Crippen molar-refractivity contribution in [1.29, 1.82) is 0 Å². The molecule has 0 heterocycles. The van der Waals surface area contributed by atoms with E-state index in [4.69, 9.17) is 11.5 Å². The normalized spacial score (nSPS) is 25.1. The molecular weight excluding hydrogens is 174 g/mol. The third kappa shape index (κ3) is 1.87. The Hall–Kier alpha value is -1.51. The highest BCUT2D eigenvalue weighted by molar-refractivity contribution is 5.76. The highest BCUT2D eigenvalue weighted by atomic mass is 15.0. The zero-order valence-corrected chi connectivity index (χ0v) is 8.06. The molecule has 1 aromatic carbocycles. The first-order valence-electron chi connectivity index (χ1n) is 4.89. The number of benzene rings is 1. The van der Waals surface area contributed by atoms with Crippen LogP contribution in [-0.2, 0) is 0 Å². The standard InChI is InChI=1S/C11H15N3/c12-11(13)14-10-6-9(7-10)8-4-2-1-3-5-8/h1-5,9-10H,6-7H2,(H4,12,13,14). The van der Waals surface area contributed by atoms with Crippen LogP contribution >= 0.6 is 0 Å². The van der Waals surface area contributed by atoms with Crippen molar-refractivity contribution in [3.05, 3.63) is 35.9 Å². The molecule has 1 aliphatic rings. The zero-order chi connectivity index (χ0) is 9.97. The number of aliphatic imine (C=N–C) groups is 1. The summed E-state index contributed by atoms with van der Waals surface area (Å²) in [6.07, 6.45) is 2.14. The lowest BCUT2D eigenvalue weighted by Crippen LogP contribution is -2.31. The average Bonchev–Trinajstić information content (AvgIpc) is 2.12. The highest BCUT2D eigenvalue weighted by Gasteiger charge is 2.29. The van der Waals surface area contributed by atoms with Gasteiger partial charge in [0.15, 0.2) is 5.96 Å². The van der Waals surface area contributed by atoms with Crippen molar-refractivity contribution in [3.63, 3.8) is 0 Å². The second-order valence-electron chi connectivity index (χ2n) is 3.79. The summed E-state index contributed by atoms with van der Waals surface area (Å²) in [7, 11) is 0. The lowest BCUT2D eigenvalue weighted by atomic mass is 9.76. The van der Waals surface area contributed by atoms with Crippen molar-refractivity contribution in [2.45, 2.75) is 24.8 Å². The van der Waals surface area contributed by atoms with Gasteiger partial charge in [-0.25, -0.2) is 0 Å².